The summed E-state index contributed by atoms with van der Waals surface area (Å²) in [4.78, 5) is 12.5. The Morgan fingerprint density at radius 1 is 1.14 bits per heavy atom. The highest BCUT2D eigenvalue weighted by Crippen LogP contribution is 2.46. The van der Waals surface area contributed by atoms with Gasteiger partial charge in [-0.3, -0.25) is 4.79 Å². The van der Waals surface area contributed by atoms with E-state index in [4.69, 9.17) is 0 Å². The molecular formula is C13H11F6NO2. The van der Waals surface area contributed by atoms with Gasteiger partial charge in [-0.05, 0) is 25.5 Å². The largest absolute Gasteiger partial charge is 0.505 e. The van der Waals surface area contributed by atoms with Crippen LogP contribution in [0.1, 0.15) is 30.9 Å². The molecule has 1 heterocycles. The van der Waals surface area contributed by atoms with Gasteiger partial charge in [0.05, 0.1) is 16.8 Å². The lowest BCUT2D eigenvalue weighted by Crippen LogP contribution is -2.31. The Kier molecular flexibility index (Phi) is 3.78. The van der Waals surface area contributed by atoms with Crippen molar-refractivity contribution >= 4 is 11.6 Å². The van der Waals surface area contributed by atoms with E-state index in [1.54, 1.807) is 0 Å². The molecule has 1 aromatic rings. The molecule has 0 radical (unpaired) electrons. The van der Waals surface area contributed by atoms with E-state index in [9.17, 15) is 36.2 Å². The highest BCUT2D eigenvalue weighted by Gasteiger charge is 2.42. The first-order valence-corrected chi connectivity index (χ1v) is 6.26. The fourth-order valence-electron chi connectivity index (χ4n) is 2.38. The lowest BCUT2D eigenvalue weighted by atomic mass is 10.1. The van der Waals surface area contributed by atoms with Crippen molar-refractivity contribution < 1.29 is 36.2 Å². The number of carbonyl (C=O) groups is 1. The van der Waals surface area contributed by atoms with Gasteiger partial charge in [0.15, 0.2) is 5.75 Å². The van der Waals surface area contributed by atoms with E-state index >= 15 is 0 Å². The van der Waals surface area contributed by atoms with E-state index < -0.39 is 46.9 Å². The van der Waals surface area contributed by atoms with E-state index in [0.29, 0.717) is 6.07 Å². The first-order chi connectivity index (χ1) is 9.93. The number of benzene rings is 1. The number of phenols is 1. The second-order valence-corrected chi connectivity index (χ2v) is 5.04. The molecule has 9 heteroatoms. The number of rotatable bonds is 1. The van der Waals surface area contributed by atoms with Crippen molar-refractivity contribution in [3.63, 3.8) is 0 Å². The SMILES string of the molecule is CC1CCC(=O)N1c1cc(C(F)(F)F)cc(C(F)(F)F)c1O. The fourth-order valence-corrected chi connectivity index (χ4v) is 2.38. The molecule has 0 saturated carbocycles. The third-order valence-electron chi connectivity index (χ3n) is 3.47. The molecule has 2 rings (SSSR count). The standard InChI is InChI=1S/C13H11F6NO2/c1-6-2-3-10(21)20(6)9-5-7(12(14,15)16)4-8(11(9)22)13(17,18)19/h4-6,22H,2-3H2,1H3. The van der Waals surface area contributed by atoms with E-state index in [-0.39, 0.29) is 18.9 Å². The van der Waals surface area contributed by atoms with Gasteiger partial charge in [0.25, 0.3) is 0 Å². The predicted molar refractivity (Wildman–Crippen MR) is 64.3 cm³/mol. The molecule has 1 aromatic carbocycles. The summed E-state index contributed by atoms with van der Waals surface area (Å²) in [6.07, 6.45) is -9.92. The molecule has 0 aliphatic carbocycles. The van der Waals surface area contributed by atoms with Crippen LogP contribution < -0.4 is 4.90 Å². The van der Waals surface area contributed by atoms with Crippen LogP contribution in [0.15, 0.2) is 12.1 Å². The topological polar surface area (TPSA) is 40.5 Å². The van der Waals surface area contributed by atoms with Crippen LogP contribution in [0.2, 0.25) is 0 Å². The zero-order valence-electron chi connectivity index (χ0n) is 11.2. The summed E-state index contributed by atoms with van der Waals surface area (Å²) >= 11 is 0. The minimum atomic E-state index is -5.17. The average molecular weight is 327 g/mol. The van der Waals surface area contributed by atoms with Crippen LogP contribution >= 0.6 is 0 Å². The Morgan fingerprint density at radius 2 is 1.73 bits per heavy atom. The minimum Gasteiger partial charge on any atom is -0.505 e. The van der Waals surface area contributed by atoms with E-state index in [0.717, 1.165) is 4.90 Å². The fraction of sp³-hybridized carbons (Fsp3) is 0.462. The van der Waals surface area contributed by atoms with Gasteiger partial charge in [-0.25, -0.2) is 0 Å². The molecule has 122 valence electrons. The smallest absolute Gasteiger partial charge is 0.420 e. The molecule has 1 atom stereocenters. The van der Waals surface area contributed by atoms with E-state index in [1.807, 2.05) is 0 Å². The van der Waals surface area contributed by atoms with Gasteiger partial charge in [0.2, 0.25) is 5.91 Å². The highest BCUT2D eigenvalue weighted by molar-refractivity contribution is 5.97. The number of carbonyl (C=O) groups excluding carboxylic acids is 1. The van der Waals surface area contributed by atoms with Crippen molar-refractivity contribution in [2.75, 3.05) is 4.90 Å². The normalized spacial score (nSPS) is 19.9. The molecule has 0 spiro atoms. The van der Waals surface area contributed by atoms with Crippen LogP contribution in [0.5, 0.6) is 5.75 Å². The van der Waals surface area contributed by atoms with Gasteiger partial charge in [0.1, 0.15) is 0 Å². The summed E-state index contributed by atoms with van der Waals surface area (Å²) in [6.45, 7) is 1.48. The molecule has 1 unspecified atom stereocenters. The van der Waals surface area contributed by atoms with E-state index in [2.05, 4.69) is 0 Å². The molecule has 1 amide bonds. The lowest BCUT2D eigenvalue weighted by molar-refractivity contribution is -0.143. The molecule has 1 N–H and O–H groups in total. The number of anilines is 1. The van der Waals surface area contributed by atoms with Crippen molar-refractivity contribution in [1.82, 2.24) is 0 Å². The van der Waals surface area contributed by atoms with Gasteiger partial charge in [-0.1, -0.05) is 0 Å². The van der Waals surface area contributed by atoms with Crippen molar-refractivity contribution in [3.05, 3.63) is 23.3 Å². The van der Waals surface area contributed by atoms with Crippen LogP contribution in [0.25, 0.3) is 0 Å². The number of halogens is 6. The van der Waals surface area contributed by atoms with Gasteiger partial charge < -0.3 is 10.0 Å². The molecule has 1 fully saturated rings. The summed E-state index contributed by atoms with van der Waals surface area (Å²) < 4.78 is 76.9. The number of phenolic OH excluding ortho intramolecular Hbond substituents is 1. The van der Waals surface area contributed by atoms with Crippen LogP contribution in [-0.2, 0) is 17.1 Å². The molecule has 3 nitrogen and oxygen atoms in total. The number of aromatic hydroxyl groups is 1. The second-order valence-electron chi connectivity index (χ2n) is 5.04. The molecular weight excluding hydrogens is 316 g/mol. The summed E-state index contributed by atoms with van der Waals surface area (Å²) in [6, 6.07) is -0.392. The number of alkyl halides is 6. The first kappa shape index (κ1) is 16.4. The molecule has 22 heavy (non-hydrogen) atoms. The zero-order chi connectivity index (χ0) is 16.9. The summed E-state index contributed by atoms with van der Waals surface area (Å²) in [5.41, 5.74) is -4.15. The number of hydrogen-bond donors (Lipinski definition) is 1. The van der Waals surface area contributed by atoms with Crippen molar-refractivity contribution in [2.45, 2.75) is 38.2 Å². The molecule has 1 aliphatic rings. The summed E-state index contributed by atoms with van der Waals surface area (Å²) in [5.74, 6) is -2.00. The Balaban J connectivity index is 2.70. The van der Waals surface area contributed by atoms with Gasteiger partial charge in [0, 0.05) is 12.5 Å². The Morgan fingerprint density at radius 3 is 2.14 bits per heavy atom. The number of hydrogen-bond acceptors (Lipinski definition) is 2. The summed E-state index contributed by atoms with van der Waals surface area (Å²) in [5, 5.41) is 9.73. The maximum Gasteiger partial charge on any atom is 0.420 e. The van der Waals surface area contributed by atoms with Crippen LogP contribution in [0, 0.1) is 0 Å². The molecule has 1 saturated heterocycles. The van der Waals surface area contributed by atoms with Crippen LogP contribution in [0.3, 0.4) is 0 Å². The van der Waals surface area contributed by atoms with Crippen molar-refractivity contribution in [1.29, 1.82) is 0 Å². The maximum atomic E-state index is 12.8. The monoisotopic (exact) mass is 327 g/mol. The minimum absolute atomic E-state index is 0.00178. The second kappa shape index (κ2) is 5.06. The molecule has 0 aromatic heterocycles. The zero-order valence-corrected chi connectivity index (χ0v) is 11.2. The average Bonchev–Trinajstić information content (AvgIpc) is 2.67. The molecule has 0 bridgehead atoms. The van der Waals surface area contributed by atoms with Crippen LogP contribution in [-0.4, -0.2) is 17.1 Å². The molecule has 1 aliphatic heterocycles. The Hall–Kier alpha value is -1.93. The quantitative estimate of drug-likeness (QED) is 0.794. The Labute approximate surface area is 121 Å². The third-order valence-corrected chi connectivity index (χ3v) is 3.47. The highest BCUT2D eigenvalue weighted by atomic mass is 19.4. The van der Waals surface area contributed by atoms with Gasteiger partial charge >= 0.3 is 12.4 Å². The van der Waals surface area contributed by atoms with Gasteiger partial charge in [-0.2, -0.15) is 26.3 Å². The van der Waals surface area contributed by atoms with Crippen molar-refractivity contribution in [2.24, 2.45) is 0 Å². The van der Waals surface area contributed by atoms with Gasteiger partial charge in [-0.15, -0.1) is 0 Å². The third kappa shape index (κ3) is 2.84. The maximum absolute atomic E-state index is 12.8. The number of amides is 1. The lowest BCUT2D eigenvalue weighted by Gasteiger charge is -2.25. The predicted octanol–water partition coefficient (Wildman–Crippen LogP) is 3.95. The summed E-state index contributed by atoms with van der Waals surface area (Å²) in [7, 11) is 0. The Bertz CT molecular complexity index is 608. The number of nitrogens with zero attached hydrogens (tertiary/aromatic N) is 1. The van der Waals surface area contributed by atoms with E-state index in [1.165, 1.54) is 6.92 Å². The van der Waals surface area contributed by atoms with Crippen LogP contribution in [0.4, 0.5) is 32.0 Å². The van der Waals surface area contributed by atoms with Crippen molar-refractivity contribution in [3.8, 4) is 5.75 Å². The first-order valence-electron chi connectivity index (χ1n) is 6.26.